The van der Waals surface area contributed by atoms with E-state index in [1.165, 1.54) is 36.3 Å². The molecule has 0 radical (unpaired) electrons. The van der Waals surface area contributed by atoms with Gasteiger partial charge >= 0.3 is 0 Å². The zero-order chi connectivity index (χ0) is 23.7. The Bertz CT molecular complexity index is 1280. The molecule has 1 amide bonds. The van der Waals surface area contributed by atoms with E-state index in [9.17, 15) is 19.1 Å². The summed E-state index contributed by atoms with van der Waals surface area (Å²) in [5.74, 6) is -2.98. The molecule has 1 aliphatic heterocycles. The third kappa shape index (κ3) is 4.29. The van der Waals surface area contributed by atoms with Crippen molar-refractivity contribution >= 4 is 40.7 Å². The Hall–Kier alpha value is -3.42. The predicted octanol–water partition coefficient (Wildman–Crippen LogP) is 5.16. The number of ether oxygens (including phenoxy) is 1. The molecule has 1 unspecified atom stereocenters. The molecule has 0 bridgehead atoms. The first-order valence-corrected chi connectivity index (χ1v) is 10.5. The lowest BCUT2D eigenvalue weighted by Crippen LogP contribution is -2.29. The summed E-state index contributed by atoms with van der Waals surface area (Å²) in [5.41, 5.74) is 0.979. The molecule has 6 nitrogen and oxygen atoms in total. The molecule has 1 aliphatic rings. The van der Waals surface area contributed by atoms with Gasteiger partial charge in [0, 0.05) is 24.5 Å². The van der Waals surface area contributed by atoms with Crippen LogP contribution in [0.25, 0.3) is 5.76 Å². The largest absolute Gasteiger partial charge is 0.507 e. The zero-order valence-corrected chi connectivity index (χ0v) is 18.8. The van der Waals surface area contributed by atoms with Crippen molar-refractivity contribution in [3.05, 3.63) is 99.1 Å². The van der Waals surface area contributed by atoms with E-state index in [0.29, 0.717) is 16.1 Å². The maximum atomic E-state index is 14.3. The van der Waals surface area contributed by atoms with Crippen molar-refractivity contribution in [2.75, 3.05) is 7.11 Å². The van der Waals surface area contributed by atoms with Gasteiger partial charge in [0.05, 0.1) is 28.8 Å². The average molecular weight is 487 g/mol. The number of aromatic nitrogens is 1. The van der Waals surface area contributed by atoms with Crippen molar-refractivity contribution in [2.24, 2.45) is 0 Å². The van der Waals surface area contributed by atoms with E-state index in [0.717, 1.165) is 6.07 Å². The van der Waals surface area contributed by atoms with Crippen LogP contribution < -0.4 is 4.74 Å². The number of methoxy groups -OCH3 is 1. The van der Waals surface area contributed by atoms with Crippen LogP contribution >= 0.6 is 23.2 Å². The number of hydrogen-bond acceptors (Lipinski definition) is 5. The molecule has 168 valence electrons. The van der Waals surface area contributed by atoms with E-state index in [4.69, 9.17) is 27.9 Å². The molecule has 0 aliphatic carbocycles. The number of halogens is 3. The number of aliphatic hydroxyl groups excluding tert-OH is 1. The molecule has 9 heteroatoms. The fourth-order valence-electron chi connectivity index (χ4n) is 3.73. The molecule has 4 rings (SSSR count). The second-order valence-corrected chi connectivity index (χ2v) is 8.13. The number of nitrogens with zero attached hydrogens (tertiary/aromatic N) is 2. The highest BCUT2D eigenvalue weighted by Gasteiger charge is 2.46. The fraction of sp³-hybridized carbons (Fsp3) is 0.125. The van der Waals surface area contributed by atoms with Gasteiger partial charge < -0.3 is 14.7 Å². The number of hydrogen-bond donors (Lipinski definition) is 1. The standard InChI is InChI=1S/C24H17Cl2FN2O4/c1-33-19-7-5-15(10-18(19)27)22(30)20-21(14-4-6-16(25)17(26)9-14)29(24(32)23(20)31)12-13-3-2-8-28-11-13/h2-11,21,30H,12H2,1H3. The van der Waals surface area contributed by atoms with Crippen LogP contribution in [-0.2, 0) is 16.1 Å². The van der Waals surface area contributed by atoms with Crippen LogP contribution in [-0.4, -0.2) is 33.8 Å². The highest BCUT2D eigenvalue weighted by atomic mass is 35.5. The van der Waals surface area contributed by atoms with Crippen LogP contribution in [0.1, 0.15) is 22.7 Å². The minimum atomic E-state index is -0.981. The van der Waals surface area contributed by atoms with E-state index < -0.39 is 29.3 Å². The summed E-state index contributed by atoms with van der Waals surface area (Å²) >= 11 is 12.2. The van der Waals surface area contributed by atoms with Gasteiger partial charge in [-0.15, -0.1) is 0 Å². The second kappa shape index (κ2) is 9.21. The molecule has 2 aromatic carbocycles. The summed E-state index contributed by atoms with van der Waals surface area (Å²) < 4.78 is 19.2. The van der Waals surface area contributed by atoms with Gasteiger partial charge in [0.15, 0.2) is 11.6 Å². The summed E-state index contributed by atoms with van der Waals surface area (Å²) in [5, 5.41) is 11.5. The van der Waals surface area contributed by atoms with E-state index >= 15 is 0 Å². The van der Waals surface area contributed by atoms with Crippen molar-refractivity contribution < 1.29 is 23.8 Å². The lowest BCUT2D eigenvalue weighted by Gasteiger charge is -2.25. The maximum Gasteiger partial charge on any atom is 0.295 e. The molecule has 0 spiro atoms. The van der Waals surface area contributed by atoms with Crippen molar-refractivity contribution in [2.45, 2.75) is 12.6 Å². The molecule has 1 aromatic heterocycles. The van der Waals surface area contributed by atoms with Crippen molar-refractivity contribution in [1.82, 2.24) is 9.88 Å². The lowest BCUT2D eigenvalue weighted by molar-refractivity contribution is -0.140. The summed E-state index contributed by atoms with van der Waals surface area (Å²) in [6.07, 6.45) is 3.16. The normalized spacial score (nSPS) is 17.5. The first-order valence-electron chi connectivity index (χ1n) is 9.78. The Labute approximate surface area is 198 Å². The number of ketones is 1. The van der Waals surface area contributed by atoms with E-state index in [-0.39, 0.29) is 28.5 Å². The highest BCUT2D eigenvalue weighted by molar-refractivity contribution is 6.46. The molecule has 1 N–H and O–H groups in total. The summed E-state index contributed by atoms with van der Waals surface area (Å²) in [6, 6.07) is 10.9. The Balaban J connectivity index is 1.88. The lowest BCUT2D eigenvalue weighted by atomic mass is 9.95. The molecular formula is C24H17Cl2FN2O4. The third-order valence-electron chi connectivity index (χ3n) is 5.30. The number of carbonyl (C=O) groups is 2. The zero-order valence-electron chi connectivity index (χ0n) is 17.3. The quantitative estimate of drug-likeness (QED) is 0.306. The summed E-state index contributed by atoms with van der Waals surface area (Å²) in [7, 11) is 1.31. The number of likely N-dealkylation sites (tertiary alicyclic amines) is 1. The van der Waals surface area contributed by atoms with Gasteiger partial charge in [-0.2, -0.15) is 0 Å². The smallest absolute Gasteiger partial charge is 0.295 e. The molecular weight excluding hydrogens is 470 g/mol. The Morgan fingerprint density at radius 1 is 1.15 bits per heavy atom. The van der Waals surface area contributed by atoms with Gasteiger partial charge in [0.2, 0.25) is 0 Å². The average Bonchev–Trinajstić information content (AvgIpc) is 3.06. The SMILES string of the molecule is COc1ccc(C(O)=C2C(=O)C(=O)N(Cc3cccnc3)C2c2ccc(Cl)c(Cl)c2)cc1F. The Morgan fingerprint density at radius 2 is 1.94 bits per heavy atom. The Kier molecular flexibility index (Phi) is 6.35. The third-order valence-corrected chi connectivity index (χ3v) is 6.04. The highest BCUT2D eigenvalue weighted by Crippen LogP contribution is 2.42. The molecule has 0 saturated carbocycles. The van der Waals surface area contributed by atoms with Gasteiger partial charge in [0.1, 0.15) is 5.76 Å². The van der Waals surface area contributed by atoms with Crippen LogP contribution in [0.3, 0.4) is 0 Å². The molecule has 33 heavy (non-hydrogen) atoms. The Morgan fingerprint density at radius 3 is 2.58 bits per heavy atom. The maximum absolute atomic E-state index is 14.3. The summed E-state index contributed by atoms with van der Waals surface area (Å²) in [4.78, 5) is 31.4. The molecule has 2 heterocycles. The number of carbonyl (C=O) groups excluding carboxylic acids is 2. The first-order chi connectivity index (χ1) is 15.8. The summed E-state index contributed by atoms with van der Waals surface area (Å²) in [6.45, 7) is 0.0527. The number of rotatable bonds is 5. The molecule has 1 fully saturated rings. The van der Waals surface area contributed by atoms with Crippen molar-refractivity contribution in [3.8, 4) is 5.75 Å². The van der Waals surface area contributed by atoms with Gasteiger partial charge in [0.25, 0.3) is 11.7 Å². The number of benzene rings is 2. The van der Waals surface area contributed by atoms with Crippen LogP contribution in [0.4, 0.5) is 4.39 Å². The first kappa shape index (κ1) is 22.8. The topological polar surface area (TPSA) is 79.7 Å². The second-order valence-electron chi connectivity index (χ2n) is 7.31. The number of aliphatic hydroxyl groups is 1. The van der Waals surface area contributed by atoms with E-state index in [1.54, 1.807) is 30.6 Å². The van der Waals surface area contributed by atoms with Gasteiger partial charge in [-0.1, -0.05) is 35.3 Å². The van der Waals surface area contributed by atoms with Crippen LogP contribution in [0.15, 0.2) is 66.5 Å². The van der Waals surface area contributed by atoms with Crippen LogP contribution in [0.2, 0.25) is 10.0 Å². The van der Waals surface area contributed by atoms with Gasteiger partial charge in [-0.05, 0) is 47.5 Å². The molecule has 1 saturated heterocycles. The molecule has 1 atom stereocenters. The van der Waals surface area contributed by atoms with Crippen LogP contribution in [0, 0.1) is 5.82 Å². The fourth-order valence-corrected chi connectivity index (χ4v) is 4.04. The number of Topliss-reactive ketones (excluding diaryl/α,β-unsaturated/α-hetero) is 1. The monoisotopic (exact) mass is 486 g/mol. The van der Waals surface area contributed by atoms with Gasteiger partial charge in [-0.25, -0.2) is 4.39 Å². The van der Waals surface area contributed by atoms with Crippen molar-refractivity contribution in [3.63, 3.8) is 0 Å². The molecule has 3 aromatic rings. The van der Waals surface area contributed by atoms with Gasteiger partial charge in [-0.3, -0.25) is 14.6 Å². The van der Waals surface area contributed by atoms with E-state index in [1.807, 2.05) is 0 Å². The minimum absolute atomic E-state index is 0.0235. The van der Waals surface area contributed by atoms with Crippen molar-refractivity contribution in [1.29, 1.82) is 0 Å². The van der Waals surface area contributed by atoms with E-state index in [2.05, 4.69) is 4.98 Å². The minimum Gasteiger partial charge on any atom is -0.507 e. The van der Waals surface area contributed by atoms with Crippen LogP contribution in [0.5, 0.6) is 5.75 Å². The number of amides is 1. The number of pyridine rings is 1. The predicted molar refractivity (Wildman–Crippen MR) is 121 cm³/mol.